The summed E-state index contributed by atoms with van der Waals surface area (Å²) < 4.78 is 26.6. The number of hydrogen-bond acceptors (Lipinski definition) is 4. The molecule has 19 heavy (non-hydrogen) atoms. The number of nitrogens with zero attached hydrogens (tertiary/aromatic N) is 1. The van der Waals surface area contributed by atoms with Gasteiger partial charge >= 0.3 is 5.97 Å². The number of rotatable bonds is 4. The molecule has 0 fully saturated rings. The van der Waals surface area contributed by atoms with Crippen LogP contribution < -0.4 is 4.72 Å². The second-order valence-electron chi connectivity index (χ2n) is 3.54. The van der Waals surface area contributed by atoms with Crippen molar-refractivity contribution in [3.63, 3.8) is 0 Å². The highest BCUT2D eigenvalue weighted by molar-refractivity contribution is 9.10. The van der Waals surface area contributed by atoms with Crippen molar-refractivity contribution < 1.29 is 18.3 Å². The maximum atomic E-state index is 12.1. The van der Waals surface area contributed by atoms with Crippen LogP contribution in [0.4, 0.5) is 5.69 Å². The molecular formula is C10H8BrN3O4S. The maximum Gasteiger partial charge on any atom is 0.335 e. The van der Waals surface area contributed by atoms with E-state index in [1.165, 1.54) is 30.6 Å². The van der Waals surface area contributed by atoms with Crippen molar-refractivity contribution in [2.24, 2.45) is 0 Å². The first kappa shape index (κ1) is 13.6. The largest absolute Gasteiger partial charge is 0.478 e. The average molecular weight is 346 g/mol. The van der Waals surface area contributed by atoms with Crippen molar-refractivity contribution in [2.75, 3.05) is 4.72 Å². The number of carboxylic acid groups (broad SMARTS) is 1. The van der Waals surface area contributed by atoms with Crippen LogP contribution >= 0.6 is 15.9 Å². The number of hydrogen-bond donors (Lipinski definition) is 3. The van der Waals surface area contributed by atoms with Gasteiger partial charge in [-0.25, -0.2) is 13.2 Å². The van der Waals surface area contributed by atoms with Crippen molar-refractivity contribution >= 4 is 37.6 Å². The van der Waals surface area contributed by atoms with Crippen LogP contribution in [0.25, 0.3) is 0 Å². The third-order valence-electron chi connectivity index (χ3n) is 2.22. The summed E-state index contributed by atoms with van der Waals surface area (Å²) in [7, 11) is -3.81. The van der Waals surface area contributed by atoms with Crippen LogP contribution in [0.1, 0.15) is 10.4 Å². The molecule has 1 heterocycles. The fourth-order valence-electron chi connectivity index (χ4n) is 1.37. The van der Waals surface area contributed by atoms with E-state index in [0.29, 0.717) is 0 Å². The standard InChI is InChI=1S/C10H8BrN3O4S/c11-8-3-6(10(15)16)1-2-9(8)19(17,18)14-7-4-12-13-5-7/h1-5,14H,(H,12,13)(H,15,16). The highest BCUT2D eigenvalue weighted by atomic mass is 79.9. The van der Waals surface area contributed by atoms with E-state index in [2.05, 4.69) is 30.8 Å². The molecule has 1 aromatic carbocycles. The Bertz CT molecular complexity index is 712. The van der Waals surface area contributed by atoms with Gasteiger partial charge in [-0.2, -0.15) is 5.10 Å². The van der Waals surface area contributed by atoms with Crippen LogP contribution in [0.3, 0.4) is 0 Å². The molecule has 0 atom stereocenters. The van der Waals surface area contributed by atoms with Gasteiger partial charge in [0, 0.05) is 10.7 Å². The number of nitrogens with one attached hydrogen (secondary N) is 2. The molecule has 9 heteroatoms. The third-order valence-corrected chi connectivity index (χ3v) is 4.58. The summed E-state index contributed by atoms with van der Waals surface area (Å²) >= 11 is 3.05. The fourth-order valence-corrected chi connectivity index (χ4v) is 3.48. The lowest BCUT2D eigenvalue weighted by Gasteiger charge is -2.08. The molecule has 0 saturated heterocycles. The van der Waals surface area contributed by atoms with E-state index in [0.717, 1.165) is 0 Å². The van der Waals surface area contributed by atoms with Crippen molar-refractivity contribution in [1.82, 2.24) is 10.2 Å². The van der Waals surface area contributed by atoms with E-state index in [1.807, 2.05) is 0 Å². The van der Waals surface area contributed by atoms with Crippen LogP contribution in [0.15, 0.2) is 40.0 Å². The van der Waals surface area contributed by atoms with E-state index in [4.69, 9.17) is 5.11 Å². The molecule has 0 spiro atoms. The number of anilines is 1. The molecule has 0 unspecified atom stereocenters. The summed E-state index contributed by atoms with van der Waals surface area (Å²) in [6.45, 7) is 0. The lowest BCUT2D eigenvalue weighted by atomic mass is 10.2. The first-order valence-electron chi connectivity index (χ1n) is 4.94. The van der Waals surface area contributed by atoms with Gasteiger partial charge in [0.1, 0.15) is 4.90 Å². The predicted octanol–water partition coefficient (Wildman–Crippen LogP) is 1.67. The highest BCUT2D eigenvalue weighted by Gasteiger charge is 2.19. The monoisotopic (exact) mass is 345 g/mol. The number of aromatic amines is 1. The number of sulfonamides is 1. The molecule has 2 aromatic rings. The molecule has 0 radical (unpaired) electrons. The minimum Gasteiger partial charge on any atom is -0.478 e. The number of halogens is 1. The molecule has 2 rings (SSSR count). The molecule has 3 N–H and O–H groups in total. The summed E-state index contributed by atoms with van der Waals surface area (Å²) in [6.07, 6.45) is 2.70. The fraction of sp³-hybridized carbons (Fsp3) is 0. The number of H-pyrrole nitrogens is 1. The number of carboxylic acids is 1. The zero-order valence-electron chi connectivity index (χ0n) is 9.29. The van der Waals surface area contributed by atoms with Crippen molar-refractivity contribution in [3.8, 4) is 0 Å². The Morgan fingerprint density at radius 3 is 2.68 bits per heavy atom. The van der Waals surface area contributed by atoms with Gasteiger partial charge in [-0.3, -0.25) is 9.82 Å². The van der Waals surface area contributed by atoms with E-state index in [1.54, 1.807) is 0 Å². The van der Waals surface area contributed by atoms with Crippen molar-refractivity contribution in [1.29, 1.82) is 0 Å². The molecule has 0 bridgehead atoms. The summed E-state index contributed by atoms with van der Waals surface area (Å²) in [5, 5.41) is 14.9. The SMILES string of the molecule is O=C(O)c1ccc(S(=O)(=O)Nc2cn[nH]c2)c(Br)c1. The normalized spacial score (nSPS) is 11.2. The predicted molar refractivity (Wildman–Crippen MR) is 70.5 cm³/mol. The van der Waals surface area contributed by atoms with Gasteiger partial charge in [0.15, 0.2) is 0 Å². The van der Waals surface area contributed by atoms with Crippen LogP contribution in [0.2, 0.25) is 0 Å². The quantitative estimate of drug-likeness (QED) is 0.780. The van der Waals surface area contributed by atoms with Crippen molar-refractivity contribution in [2.45, 2.75) is 4.90 Å². The van der Waals surface area contributed by atoms with E-state index >= 15 is 0 Å². The molecule has 0 saturated carbocycles. The Hall–Kier alpha value is -1.87. The van der Waals surface area contributed by atoms with Crippen LogP contribution in [-0.2, 0) is 10.0 Å². The molecule has 0 amide bonds. The Kier molecular flexibility index (Phi) is 3.58. The Morgan fingerprint density at radius 2 is 2.16 bits per heavy atom. The number of benzene rings is 1. The smallest absolute Gasteiger partial charge is 0.335 e. The highest BCUT2D eigenvalue weighted by Crippen LogP contribution is 2.25. The molecule has 7 nitrogen and oxygen atoms in total. The van der Waals surface area contributed by atoms with E-state index in [9.17, 15) is 13.2 Å². The number of aromatic carboxylic acids is 1. The van der Waals surface area contributed by atoms with Crippen molar-refractivity contribution in [3.05, 3.63) is 40.6 Å². The molecule has 0 aliphatic rings. The topological polar surface area (TPSA) is 112 Å². The first-order valence-corrected chi connectivity index (χ1v) is 7.22. The number of carbonyl (C=O) groups is 1. The minimum atomic E-state index is -3.81. The van der Waals surface area contributed by atoms with Gasteiger partial charge in [0.05, 0.1) is 17.4 Å². The number of aromatic nitrogens is 2. The molecule has 0 aliphatic heterocycles. The van der Waals surface area contributed by atoms with Gasteiger partial charge in [0.25, 0.3) is 10.0 Å². The zero-order chi connectivity index (χ0) is 14.0. The average Bonchev–Trinajstić information content (AvgIpc) is 2.80. The molecular weight excluding hydrogens is 338 g/mol. The Morgan fingerprint density at radius 1 is 1.42 bits per heavy atom. The molecule has 1 aromatic heterocycles. The summed E-state index contributed by atoms with van der Waals surface area (Å²) in [6, 6.07) is 3.67. The summed E-state index contributed by atoms with van der Waals surface area (Å²) in [5.41, 5.74) is 0.281. The second kappa shape index (κ2) is 5.02. The van der Waals surface area contributed by atoms with Gasteiger partial charge < -0.3 is 5.11 Å². The molecule has 100 valence electrons. The Balaban J connectivity index is 2.38. The van der Waals surface area contributed by atoms with E-state index < -0.39 is 16.0 Å². The summed E-state index contributed by atoms with van der Waals surface area (Å²) in [4.78, 5) is 10.7. The zero-order valence-corrected chi connectivity index (χ0v) is 11.7. The summed E-state index contributed by atoms with van der Waals surface area (Å²) in [5.74, 6) is -1.13. The van der Waals surface area contributed by atoms with Crippen LogP contribution in [-0.4, -0.2) is 29.7 Å². The molecule has 0 aliphatic carbocycles. The van der Waals surface area contributed by atoms with Crippen LogP contribution in [0, 0.1) is 0 Å². The maximum absolute atomic E-state index is 12.1. The second-order valence-corrected chi connectivity index (χ2v) is 6.05. The minimum absolute atomic E-state index is 0.00543. The van der Waals surface area contributed by atoms with Gasteiger partial charge in [-0.15, -0.1) is 0 Å². The van der Waals surface area contributed by atoms with Gasteiger partial charge in [-0.1, -0.05) is 0 Å². The first-order chi connectivity index (χ1) is 8.90. The van der Waals surface area contributed by atoms with E-state index in [-0.39, 0.29) is 20.6 Å². The van der Waals surface area contributed by atoms with Gasteiger partial charge in [-0.05, 0) is 34.1 Å². The van der Waals surface area contributed by atoms with Gasteiger partial charge in [0.2, 0.25) is 0 Å². The Labute approximate surface area is 116 Å². The lowest BCUT2D eigenvalue weighted by Crippen LogP contribution is -2.13. The third kappa shape index (κ3) is 2.93. The van der Waals surface area contributed by atoms with Crippen LogP contribution in [0.5, 0.6) is 0 Å². The lowest BCUT2D eigenvalue weighted by molar-refractivity contribution is 0.0696.